The number of hydrogen-bond donors (Lipinski definition) is 2. The number of carbonyl (C=O) groups excluding carboxylic acids is 1. The van der Waals surface area contributed by atoms with Crippen molar-refractivity contribution in [1.82, 2.24) is 25.5 Å². The van der Waals surface area contributed by atoms with Crippen LogP contribution in [0.3, 0.4) is 0 Å². The Morgan fingerprint density at radius 2 is 2.00 bits per heavy atom. The quantitative estimate of drug-likeness (QED) is 0.814. The van der Waals surface area contributed by atoms with Crippen molar-refractivity contribution in [1.29, 1.82) is 0 Å². The minimum atomic E-state index is -0.458. The van der Waals surface area contributed by atoms with Crippen LogP contribution in [0.1, 0.15) is 57.8 Å². The van der Waals surface area contributed by atoms with Crippen molar-refractivity contribution in [2.24, 2.45) is 17.8 Å². The summed E-state index contributed by atoms with van der Waals surface area (Å²) in [5, 5.41) is 26.1. The number of aromatic nitrogens is 4. The fourth-order valence-electron chi connectivity index (χ4n) is 6.95. The van der Waals surface area contributed by atoms with Crippen LogP contribution in [0.2, 0.25) is 0 Å². The third-order valence-electron chi connectivity index (χ3n) is 7.62. The van der Waals surface area contributed by atoms with Gasteiger partial charge >= 0.3 is 0 Å². The van der Waals surface area contributed by atoms with Gasteiger partial charge in [-0.1, -0.05) is 0 Å². The predicted octanol–water partition coefficient (Wildman–Crippen LogP) is 1.01. The van der Waals surface area contributed by atoms with Gasteiger partial charge in [0.05, 0.1) is 17.7 Å². The summed E-state index contributed by atoms with van der Waals surface area (Å²) in [6, 6.07) is 0. The number of amides is 1. The Labute approximate surface area is 159 Å². The number of aliphatic hydroxyl groups is 1. The minimum absolute atomic E-state index is 0.0770. The number of hydrogen-bond acceptors (Lipinski definition) is 6. The second kappa shape index (κ2) is 6.24. The molecule has 0 aromatic carbocycles. The molecule has 0 radical (unpaired) electrons. The number of carbonyl (C=O) groups is 1. The molecule has 1 heterocycles. The normalized spacial score (nSPS) is 45.8. The fourth-order valence-corrected chi connectivity index (χ4v) is 6.95. The summed E-state index contributed by atoms with van der Waals surface area (Å²) in [4.78, 5) is 15.0. The van der Waals surface area contributed by atoms with Gasteiger partial charge in [-0.05, 0) is 74.8 Å². The molecular weight excluding hydrogens is 346 g/mol. The van der Waals surface area contributed by atoms with Gasteiger partial charge in [-0.2, -0.15) is 4.80 Å². The Morgan fingerprint density at radius 1 is 1.22 bits per heavy atom. The van der Waals surface area contributed by atoms with Crippen LogP contribution in [0.5, 0.6) is 0 Å². The van der Waals surface area contributed by atoms with E-state index in [0.717, 1.165) is 38.5 Å². The molecule has 1 amide bonds. The van der Waals surface area contributed by atoms with Crippen molar-refractivity contribution in [3.05, 3.63) is 6.33 Å². The second-order valence-corrected chi connectivity index (χ2v) is 9.53. The molecule has 4 bridgehead atoms. The van der Waals surface area contributed by atoms with E-state index in [1.54, 1.807) is 7.11 Å². The summed E-state index contributed by atoms with van der Waals surface area (Å²) in [6.07, 6.45) is 9.25. The summed E-state index contributed by atoms with van der Waals surface area (Å²) in [5.41, 5.74) is -0.237. The number of rotatable bonds is 4. The summed E-state index contributed by atoms with van der Waals surface area (Å²) in [5.74, 6) is 1.30. The van der Waals surface area contributed by atoms with Crippen molar-refractivity contribution in [2.75, 3.05) is 7.11 Å². The van der Waals surface area contributed by atoms with E-state index in [9.17, 15) is 9.90 Å². The first-order valence-corrected chi connectivity index (χ1v) is 10.3. The Hall–Kier alpha value is -1.54. The van der Waals surface area contributed by atoms with Crippen LogP contribution < -0.4 is 5.32 Å². The average molecular weight is 375 g/mol. The molecule has 1 aromatic rings. The van der Waals surface area contributed by atoms with Crippen molar-refractivity contribution >= 4 is 5.91 Å². The molecule has 27 heavy (non-hydrogen) atoms. The van der Waals surface area contributed by atoms with Crippen LogP contribution in [-0.2, 0) is 15.1 Å². The number of aliphatic hydroxyl groups excluding tert-OH is 1. The van der Waals surface area contributed by atoms with Crippen molar-refractivity contribution < 1.29 is 14.6 Å². The van der Waals surface area contributed by atoms with Crippen molar-refractivity contribution in [3.63, 3.8) is 0 Å². The van der Waals surface area contributed by atoms with Gasteiger partial charge in [0.2, 0.25) is 5.91 Å². The maximum absolute atomic E-state index is 13.1. The molecule has 5 aliphatic carbocycles. The Kier molecular flexibility index (Phi) is 4.05. The van der Waals surface area contributed by atoms with Crippen molar-refractivity contribution in [2.45, 2.75) is 81.1 Å². The maximum atomic E-state index is 13.1. The number of ether oxygens (including phenoxy) is 1. The molecule has 0 spiro atoms. The first kappa shape index (κ1) is 17.6. The van der Waals surface area contributed by atoms with Gasteiger partial charge in [-0.25, -0.2) is 0 Å². The predicted molar refractivity (Wildman–Crippen MR) is 95.5 cm³/mol. The van der Waals surface area contributed by atoms with Gasteiger partial charge < -0.3 is 15.2 Å². The van der Waals surface area contributed by atoms with Crippen LogP contribution >= 0.6 is 0 Å². The van der Waals surface area contributed by atoms with Crippen LogP contribution in [0, 0.1) is 17.8 Å². The molecule has 0 saturated heterocycles. The third-order valence-corrected chi connectivity index (χ3v) is 7.62. The Bertz CT molecular complexity index is 694. The van der Waals surface area contributed by atoms with E-state index >= 15 is 0 Å². The van der Waals surface area contributed by atoms with Gasteiger partial charge in [0.25, 0.3) is 0 Å². The summed E-state index contributed by atoms with van der Waals surface area (Å²) < 4.78 is 5.39. The molecule has 5 atom stereocenters. The summed E-state index contributed by atoms with van der Waals surface area (Å²) in [6.45, 7) is 0. The zero-order chi connectivity index (χ0) is 18.6. The van der Waals surface area contributed by atoms with E-state index in [-0.39, 0.29) is 29.0 Å². The number of nitrogens with one attached hydrogen (secondary N) is 1. The molecule has 1 aromatic heterocycles. The SMILES string of the molecule is CO[C@@H]1C[C@H](C(=O)NC23CC4CC(C2)CC(n2ncnn2)(C4)C3)CC[C@@H]1O. The molecule has 5 saturated carbocycles. The molecule has 0 aliphatic heterocycles. The van der Waals surface area contributed by atoms with Crippen molar-refractivity contribution in [3.8, 4) is 0 Å². The smallest absolute Gasteiger partial charge is 0.223 e. The fraction of sp³-hybridized carbons (Fsp3) is 0.895. The lowest BCUT2D eigenvalue weighted by Crippen LogP contribution is -2.66. The Morgan fingerprint density at radius 3 is 2.67 bits per heavy atom. The zero-order valence-corrected chi connectivity index (χ0v) is 15.9. The highest BCUT2D eigenvalue weighted by molar-refractivity contribution is 5.79. The lowest BCUT2D eigenvalue weighted by Gasteiger charge is -2.61. The first-order valence-electron chi connectivity index (χ1n) is 10.3. The Balaban J connectivity index is 1.35. The molecule has 8 heteroatoms. The molecule has 5 fully saturated rings. The lowest BCUT2D eigenvalue weighted by atomic mass is 9.50. The third kappa shape index (κ3) is 2.88. The van der Waals surface area contributed by atoms with Crippen LogP contribution in [0.4, 0.5) is 0 Å². The number of methoxy groups -OCH3 is 1. The maximum Gasteiger partial charge on any atom is 0.223 e. The zero-order valence-electron chi connectivity index (χ0n) is 15.9. The monoisotopic (exact) mass is 375 g/mol. The summed E-state index contributed by atoms with van der Waals surface area (Å²) >= 11 is 0. The van der Waals surface area contributed by atoms with Gasteiger partial charge in [0.15, 0.2) is 6.33 Å². The van der Waals surface area contributed by atoms with Gasteiger partial charge in [0.1, 0.15) is 0 Å². The van der Waals surface area contributed by atoms with E-state index in [1.807, 2.05) is 4.80 Å². The van der Waals surface area contributed by atoms with E-state index in [1.165, 1.54) is 12.7 Å². The van der Waals surface area contributed by atoms with E-state index in [4.69, 9.17) is 4.74 Å². The largest absolute Gasteiger partial charge is 0.390 e. The highest BCUT2D eigenvalue weighted by atomic mass is 16.5. The highest BCUT2D eigenvalue weighted by Crippen LogP contribution is 2.60. The average Bonchev–Trinajstić information content (AvgIpc) is 3.16. The van der Waals surface area contributed by atoms with E-state index < -0.39 is 6.10 Å². The minimum Gasteiger partial charge on any atom is -0.390 e. The van der Waals surface area contributed by atoms with E-state index in [0.29, 0.717) is 24.7 Å². The molecule has 6 rings (SSSR count). The summed E-state index contributed by atoms with van der Waals surface area (Å²) in [7, 11) is 1.61. The van der Waals surface area contributed by atoms with E-state index in [2.05, 4.69) is 20.7 Å². The molecule has 2 unspecified atom stereocenters. The van der Waals surface area contributed by atoms with Gasteiger partial charge in [-0.15, -0.1) is 10.2 Å². The van der Waals surface area contributed by atoms with Crippen LogP contribution in [0.15, 0.2) is 6.33 Å². The lowest BCUT2D eigenvalue weighted by molar-refractivity contribution is -0.139. The topological polar surface area (TPSA) is 102 Å². The van der Waals surface area contributed by atoms with Crippen LogP contribution in [-0.4, -0.2) is 56.1 Å². The molecule has 5 aliphatic rings. The van der Waals surface area contributed by atoms with Gasteiger partial charge in [0, 0.05) is 18.6 Å². The molecular formula is C19H29N5O3. The van der Waals surface area contributed by atoms with Crippen LogP contribution in [0.25, 0.3) is 0 Å². The first-order chi connectivity index (χ1) is 13.0. The molecule has 148 valence electrons. The highest BCUT2D eigenvalue weighted by Gasteiger charge is 2.60. The standard InChI is InChI=1S/C19H29N5O3/c1-27-16-5-14(2-3-15(16)25)17(26)22-18-6-12-4-13(7-18)9-19(8-12,10-18)24-21-11-20-23-24/h11-16,25H,2-10H2,1H3,(H,22,26)/t12?,13?,14-,15+,16-,18?,19?/m1/s1. The van der Waals surface area contributed by atoms with Gasteiger partial charge in [-0.3, -0.25) is 4.79 Å². The number of tetrazole rings is 1. The number of nitrogens with zero attached hydrogens (tertiary/aromatic N) is 4. The second-order valence-electron chi connectivity index (χ2n) is 9.53. The molecule has 2 N–H and O–H groups in total. The molecule has 8 nitrogen and oxygen atoms in total.